The van der Waals surface area contributed by atoms with Crippen molar-refractivity contribution in [2.45, 2.75) is 26.4 Å². The molecule has 2 aromatic rings. The molecule has 2 aromatic heterocycles. The molecule has 2 heterocycles. The molecule has 0 radical (unpaired) electrons. The van der Waals surface area contributed by atoms with Gasteiger partial charge < -0.3 is 25.3 Å². The van der Waals surface area contributed by atoms with Crippen molar-refractivity contribution in [1.29, 1.82) is 0 Å². The number of hydrogen-bond donors (Lipinski definition) is 3. The number of nitrogen functional groups attached to an aromatic ring is 1. The van der Waals surface area contributed by atoms with Gasteiger partial charge in [0.2, 0.25) is 5.95 Å². The molecule has 8 heteroatoms. The summed E-state index contributed by atoms with van der Waals surface area (Å²) in [7, 11) is 0. The van der Waals surface area contributed by atoms with Gasteiger partial charge in [0.1, 0.15) is 13.2 Å². The lowest BCUT2D eigenvalue weighted by Gasteiger charge is -2.11. The lowest BCUT2D eigenvalue weighted by atomic mass is 10.2. The maximum absolute atomic E-state index is 11.6. The van der Waals surface area contributed by atoms with Crippen molar-refractivity contribution in [1.82, 2.24) is 9.97 Å². The predicted octanol–water partition coefficient (Wildman–Crippen LogP) is 1.62. The second-order valence-electron chi connectivity index (χ2n) is 4.85. The number of anilines is 2. The number of ketones is 1. The minimum atomic E-state index is -0.582. The topological polar surface area (TPSA) is 124 Å². The quantitative estimate of drug-likeness (QED) is 0.470. The second-order valence-corrected chi connectivity index (χ2v) is 4.85. The van der Waals surface area contributed by atoms with E-state index in [0.29, 0.717) is 22.9 Å². The number of nitrogens with two attached hydrogens (primary N) is 1. The molecule has 0 aliphatic carbocycles. The molecule has 0 amide bonds. The number of nitrogens with zero attached hydrogens (tertiary/aromatic N) is 2. The van der Waals surface area contributed by atoms with E-state index < -0.39 is 12.4 Å². The van der Waals surface area contributed by atoms with Gasteiger partial charge >= 0.3 is 0 Å². The van der Waals surface area contributed by atoms with Crippen molar-refractivity contribution in [3.05, 3.63) is 29.9 Å². The number of carbonyl (C=O) groups is 1. The summed E-state index contributed by atoms with van der Waals surface area (Å²) in [5, 5.41) is 12.1. The molecular weight excluding hydrogens is 300 g/mol. The van der Waals surface area contributed by atoms with Crippen LogP contribution in [0.4, 0.5) is 11.8 Å². The molecule has 23 heavy (non-hydrogen) atoms. The Balaban J connectivity index is 2.08. The Labute approximate surface area is 133 Å². The minimum absolute atomic E-state index is 0.0177. The molecule has 4 N–H and O–H groups in total. The normalized spacial score (nSPS) is 10.5. The smallest absolute Gasteiger partial charge is 0.222 e. The Morgan fingerprint density at radius 2 is 2.35 bits per heavy atom. The molecule has 2 rings (SSSR count). The van der Waals surface area contributed by atoms with Crippen LogP contribution in [-0.4, -0.2) is 34.0 Å². The molecule has 0 saturated carbocycles. The third-order valence-electron chi connectivity index (χ3n) is 3.14. The Morgan fingerprint density at radius 1 is 1.52 bits per heavy atom. The highest BCUT2D eigenvalue weighted by Crippen LogP contribution is 2.23. The number of aliphatic hydroxyl groups excluding tert-OH is 1. The van der Waals surface area contributed by atoms with E-state index in [1.165, 1.54) is 18.5 Å². The zero-order chi connectivity index (χ0) is 16.7. The van der Waals surface area contributed by atoms with E-state index in [1.807, 2.05) is 0 Å². The maximum atomic E-state index is 11.6. The fraction of sp³-hybridized carbons (Fsp3) is 0.400. The molecule has 0 aliphatic rings. The van der Waals surface area contributed by atoms with Crippen LogP contribution in [-0.2, 0) is 6.61 Å². The van der Waals surface area contributed by atoms with Crippen molar-refractivity contribution in [3.8, 4) is 5.75 Å². The Bertz CT molecular complexity index is 657. The highest BCUT2D eigenvalue weighted by molar-refractivity contribution is 5.97. The van der Waals surface area contributed by atoms with Crippen molar-refractivity contribution in [3.63, 3.8) is 0 Å². The summed E-state index contributed by atoms with van der Waals surface area (Å²) >= 11 is 0. The zero-order valence-corrected chi connectivity index (χ0v) is 12.9. The highest BCUT2D eigenvalue weighted by Gasteiger charge is 2.15. The van der Waals surface area contributed by atoms with Crippen molar-refractivity contribution < 1.29 is 19.1 Å². The summed E-state index contributed by atoms with van der Waals surface area (Å²) in [5.41, 5.74) is 5.89. The SMILES string of the molecule is CCCCNc1nc(N)ncc1OCc1occc1C(=O)CO. The van der Waals surface area contributed by atoms with Gasteiger partial charge in [0.15, 0.2) is 23.1 Å². The van der Waals surface area contributed by atoms with E-state index in [4.69, 9.17) is 20.0 Å². The van der Waals surface area contributed by atoms with Crippen LogP contribution in [0.5, 0.6) is 5.75 Å². The van der Waals surface area contributed by atoms with Crippen LogP contribution in [0.3, 0.4) is 0 Å². The number of nitrogens with one attached hydrogen (secondary N) is 1. The van der Waals surface area contributed by atoms with Gasteiger partial charge in [-0.05, 0) is 12.5 Å². The lowest BCUT2D eigenvalue weighted by molar-refractivity contribution is 0.0899. The first-order valence-corrected chi connectivity index (χ1v) is 7.35. The van der Waals surface area contributed by atoms with Gasteiger partial charge in [0, 0.05) is 6.54 Å². The van der Waals surface area contributed by atoms with Crippen LogP contribution in [0, 0.1) is 0 Å². The number of furan rings is 1. The van der Waals surface area contributed by atoms with E-state index >= 15 is 0 Å². The van der Waals surface area contributed by atoms with Gasteiger partial charge in [0.05, 0.1) is 18.0 Å². The fourth-order valence-corrected chi connectivity index (χ4v) is 1.93. The van der Waals surface area contributed by atoms with E-state index in [1.54, 1.807) is 0 Å². The largest absolute Gasteiger partial charge is 0.480 e. The van der Waals surface area contributed by atoms with E-state index in [-0.39, 0.29) is 12.6 Å². The van der Waals surface area contributed by atoms with E-state index in [9.17, 15) is 4.79 Å². The Hall–Kier alpha value is -2.61. The van der Waals surface area contributed by atoms with Crippen molar-refractivity contribution in [2.24, 2.45) is 0 Å². The standard InChI is InChI=1S/C15H20N4O4/c1-2-3-5-17-14-12(7-18-15(16)19-14)23-9-13-10(4-6-22-13)11(21)8-20/h4,6-7,20H,2-3,5,8-9H2,1H3,(H3,16,17,18,19). The number of Topliss-reactive ketones (excluding diaryl/α,β-unsaturated/α-hetero) is 1. The van der Waals surface area contributed by atoms with Gasteiger partial charge in [-0.1, -0.05) is 13.3 Å². The molecule has 124 valence electrons. The molecule has 0 aromatic carbocycles. The van der Waals surface area contributed by atoms with Crippen molar-refractivity contribution in [2.75, 3.05) is 24.2 Å². The first-order chi connectivity index (χ1) is 11.2. The third kappa shape index (κ3) is 4.43. The van der Waals surface area contributed by atoms with Crippen LogP contribution >= 0.6 is 0 Å². The molecule has 0 saturated heterocycles. The molecule has 0 aliphatic heterocycles. The molecule has 0 bridgehead atoms. The molecule has 0 unspecified atom stereocenters. The van der Waals surface area contributed by atoms with Crippen molar-refractivity contribution >= 4 is 17.5 Å². The Morgan fingerprint density at radius 3 is 3.09 bits per heavy atom. The summed E-state index contributed by atoms with van der Waals surface area (Å²) in [6, 6.07) is 1.50. The average Bonchev–Trinajstić information content (AvgIpc) is 3.02. The third-order valence-corrected chi connectivity index (χ3v) is 3.14. The van der Waals surface area contributed by atoms with Gasteiger partial charge in [-0.2, -0.15) is 4.98 Å². The number of rotatable bonds is 9. The number of carbonyl (C=O) groups excluding carboxylic acids is 1. The molecule has 8 nitrogen and oxygen atoms in total. The lowest BCUT2D eigenvalue weighted by Crippen LogP contribution is -2.10. The van der Waals surface area contributed by atoms with Gasteiger partial charge in [-0.15, -0.1) is 0 Å². The number of ether oxygens (including phenoxy) is 1. The second kappa shape index (κ2) is 8.14. The van der Waals surface area contributed by atoms with E-state index in [0.717, 1.165) is 19.4 Å². The zero-order valence-electron chi connectivity index (χ0n) is 12.9. The summed E-state index contributed by atoms with van der Waals surface area (Å²) in [6.45, 7) is 2.26. The fourth-order valence-electron chi connectivity index (χ4n) is 1.93. The highest BCUT2D eigenvalue weighted by atomic mass is 16.5. The summed E-state index contributed by atoms with van der Waals surface area (Å²) in [5.74, 6) is 0.958. The van der Waals surface area contributed by atoms with Crippen LogP contribution < -0.4 is 15.8 Å². The number of hydrogen-bond acceptors (Lipinski definition) is 8. The van der Waals surface area contributed by atoms with Crippen LogP contribution in [0.25, 0.3) is 0 Å². The van der Waals surface area contributed by atoms with Crippen LogP contribution in [0.1, 0.15) is 35.9 Å². The van der Waals surface area contributed by atoms with Gasteiger partial charge in [-0.3, -0.25) is 4.79 Å². The molecule has 0 atom stereocenters. The molecule has 0 spiro atoms. The van der Waals surface area contributed by atoms with Gasteiger partial charge in [0.25, 0.3) is 0 Å². The first kappa shape index (κ1) is 16.8. The Kier molecular flexibility index (Phi) is 5.93. The van der Waals surface area contributed by atoms with Crippen LogP contribution in [0.2, 0.25) is 0 Å². The number of aliphatic hydroxyl groups is 1. The average molecular weight is 320 g/mol. The van der Waals surface area contributed by atoms with Crippen LogP contribution in [0.15, 0.2) is 22.9 Å². The first-order valence-electron chi connectivity index (χ1n) is 7.35. The summed E-state index contributed by atoms with van der Waals surface area (Å²) in [6.07, 6.45) is 4.87. The summed E-state index contributed by atoms with van der Waals surface area (Å²) in [4.78, 5) is 19.6. The number of unbranched alkanes of at least 4 members (excludes halogenated alkanes) is 1. The molecular formula is C15H20N4O4. The number of aromatic nitrogens is 2. The minimum Gasteiger partial charge on any atom is -0.480 e. The predicted molar refractivity (Wildman–Crippen MR) is 84.3 cm³/mol. The van der Waals surface area contributed by atoms with E-state index in [2.05, 4.69) is 22.2 Å². The summed E-state index contributed by atoms with van der Waals surface area (Å²) < 4.78 is 10.9. The molecule has 0 fully saturated rings. The maximum Gasteiger partial charge on any atom is 0.222 e. The monoisotopic (exact) mass is 320 g/mol. The van der Waals surface area contributed by atoms with Gasteiger partial charge in [-0.25, -0.2) is 4.98 Å².